The molecule has 1 aromatic carbocycles. The normalized spacial score (nSPS) is 20.5. The van der Waals surface area contributed by atoms with E-state index in [1.165, 1.54) is 6.20 Å². The molecule has 8 nitrogen and oxygen atoms in total. The summed E-state index contributed by atoms with van der Waals surface area (Å²) in [6.07, 6.45) is 2.92. The fourth-order valence-corrected chi connectivity index (χ4v) is 4.58. The number of halogens is 1. The maximum absolute atomic E-state index is 12.6. The van der Waals surface area contributed by atoms with E-state index in [2.05, 4.69) is 42.8 Å². The molecular formula is C22H26IN5O3. The van der Waals surface area contributed by atoms with Gasteiger partial charge in [0.2, 0.25) is 0 Å². The maximum Gasteiger partial charge on any atom is 0.410 e. The summed E-state index contributed by atoms with van der Waals surface area (Å²) in [4.78, 5) is 37.7. The molecule has 2 atom stereocenters. The maximum atomic E-state index is 12.6. The number of fused-ring (bicyclic) bond motifs is 1. The zero-order valence-electron chi connectivity index (χ0n) is 17.8. The quantitative estimate of drug-likeness (QED) is 0.605. The molecule has 164 valence electrons. The number of carbonyl (C=O) groups is 2. The highest BCUT2D eigenvalue weighted by molar-refractivity contribution is 14.1. The molecule has 3 heterocycles. The first kappa shape index (κ1) is 21.8. The minimum atomic E-state index is -0.491. The molecule has 9 heteroatoms. The highest BCUT2D eigenvalue weighted by Gasteiger charge is 2.43. The predicted octanol–water partition coefficient (Wildman–Crippen LogP) is 3.64. The summed E-state index contributed by atoms with van der Waals surface area (Å²) in [6.45, 7) is 8.55. The summed E-state index contributed by atoms with van der Waals surface area (Å²) in [6, 6.07) is 7.59. The van der Waals surface area contributed by atoms with Crippen molar-refractivity contribution >= 4 is 46.1 Å². The van der Waals surface area contributed by atoms with Crippen LogP contribution in [0.3, 0.4) is 0 Å². The summed E-state index contributed by atoms with van der Waals surface area (Å²) in [5.41, 5.74) is 0.515. The first-order chi connectivity index (χ1) is 14.7. The molecule has 0 aliphatic carbocycles. The van der Waals surface area contributed by atoms with Crippen LogP contribution in [-0.4, -0.2) is 58.6 Å². The Hall–Kier alpha value is -2.43. The molecule has 2 fully saturated rings. The lowest BCUT2D eigenvalue weighted by molar-refractivity contribution is 0.0282. The van der Waals surface area contributed by atoms with Gasteiger partial charge in [0.1, 0.15) is 17.1 Å². The van der Waals surface area contributed by atoms with Gasteiger partial charge in [-0.05, 0) is 61.6 Å². The highest BCUT2D eigenvalue weighted by Crippen LogP contribution is 2.33. The number of benzene rings is 1. The number of amides is 2. The van der Waals surface area contributed by atoms with Crippen molar-refractivity contribution in [3.05, 3.63) is 45.9 Å². The number of nitrogens with one attached hydrogen (secondary N) is 1. The number of likely N-dealkylation sites (tertiary alicyclic amines) is 1. The number of ether oxygens (including phenoxy) is 1. The molecule has 31 heavy (non-hydrogen) atoms. The van der Waals surface area contributed by atoms with E-state index in [4.69, 9.17) is 4.74 Å². The van der Waals surface area contributed by atoms with Crippen LogP contribution in [0.25, 0.3) is 0 Å². The average molecular weight is 535 g/mol. The topological polar surface area (TPSA) is 87.7 Å². The van der Waals surface area contributed by atoms with Gasteiger partial charge in [-0.1, -0.05) is 6.07 Å². The van der Waals surface area contributed by atoms with Crippen LogP contribution < -0.4 is 10.2 Å². The Morgan fingerprint density at radius 2 is 1.84 bits per heavy atom. The van der Waals surface area contributed by atoms with Crippen molar-refractivity contribution in [1.29, 1.82) is 0 Å². The molecular weight excluding hydrogens is 509 g/mol. The number of rotatable bonds is 3. The molecule has 2 aromatic rings. The Kier molecular flexibility index (Phi) is 6.05. The Bertz CT molecular complexity index is 979. The van der Waals surface area contributed by atoms with Crippen LogP contribution in [0.2, 0.25) is 0 Å². The third-order valence-electron chi connectivity index (χ3n) is 5.40. The highest BCUT2D eigenvalue weighted by atomic mass is 127. The number of hydrogen-bond acceptors (Lipinski definition) is 6. The number of hydrogen-bond donors (Lipinski definition) is 1. The number of anilines is 2. The SMILES string of the molecule is CC(C)(C)OC(=O)N1CC2CN(c3cncc(C(=O)Nc4cccc(I)c4)n3)CC2C1. The summed E-state index contributed by atoms with van der Waals surface area (Å²) in [7, 11) is 0. The van der Waals surface area contributed by atoms with Crippen LogP contribution in [0, 0.1) is 15.4 Å². The van der Waals surface area contributed by atoms with E-state index in [1.54, 1.807) is 11.1 Å². The van der Waals surface area contributed by atoms with Gasteiger partial charge in [-0.15, -0.1) is 0 Å². The molecule has 1 N–H and O–H groups in total. The van der Waals surface area contributed by atoms with Gasteiger partial charge in [0.05, 0.1) is 12.4 Å². The molecule has 0 saturated carbocycles. The Balaban J connectivity index is 1.38. The smallest absolute Gasteiger partial charge is 0.410 e. The zero-order valence-corrected chi connectivity index (χ0v) is 20.0. The van der Waals surface area contributed by atoms with Crippen LogP contribution in [0.5, 0.6) is 0 Å². The lowest BCUT2D eigenvalue weighted by Crippen LogP contribution is -2.37. The lowest BCUT2D eigenvalue weighted by atomic mass is 10.0. The molecule has 1 aromatic heterocycles. The molecule has 0 radical (unpaired) electrons. The van der Waals surface area contributed by atoms with Crippen LogP contribution >= 0.6 is 22.6 Å². The van der Waals surface area contributed by atoms with Gasteiger partial charge in [-0.3, -0.25) is 9.78 Å². The molecule has 0 spiro atoms. The monoisotopic (exact) mass is 535 g/mol. The van der Waals surface area contributed by atoms with Crippen molar-refractivity contribution < 1.29 is 14.3 Å². The molecule has 2 aliphatic rings. The minimum Gasteiger partial charge on any atom is -0.444 e. The second-order valence-electron chi connectivity index (χ2n) is 9.04. The first-order valence-electron chi connectivity index (χ1n) is 10.3. The fraction of sp³-hybridized carbons (Fsp3) is 0.455. The molecule has 2 saturated heterocycles. The van der Waals surface area contributed by atoms with Crippen molar-refractivity contribution in [2.45, 2.75) is 26.4 Å². The van der Waals surface area contributed by atoms with Gasteiger partial charge in [-0.25, -0.2) is 9.78 Å². The van der Waals surface area contributed by atoms with E-state index in [-0.39, 0.29) is 17.7 Å². The summed E-state index contributed by atoms with van der Waals surface area (Å²) in [5, 5.41) is 2.87. The standard InChI is InChI=1S/C22H26IN5O3/c1-22(2,3)31-21(30)28-12-14-10-27(11-15(14)13-28)19-9-24-8-18(26-19)20(29)25-17-6-4-5-16(23)7-17/h4-9,14-15H,10-13H2,1-3H3,(H,25,29). The number of nitrogens with zero attached hydrogens (tertiary/aromatic N) is 4. The van der Waals surface area contributed by atoms with E-state index < -0.39 is 5.60 Å². The Morgan fingerprint density at radius 1 is 1.13 bits per heavy atom. The Labute approximate surface area is 195 Å². The van der Waals surface area contributed by atoms with Gasteiger partial charge in [-0.2, -0.15) is 0 Å². The van der Waals surface area contributed by atoms with Crippen molar-refractivity contribution in [2.24, 2.45) is 11.8 Å². The van der Waals surface area contributed by atoms with E-state index in [9.17, 15) is 9.59 Å². The van der Waals surface area contributed by atoms with Crippen molar-refractivity contribution in [2.75, 3.05) is 36.4 Å². The van der Waals surface area contributed by atoms with Crippen LogP contribution in [0.4, 0.5) is 16.3 Å². The third kappa shape index (κ3) is 5.25. The number of carbonyl (C=O) groups excluding carboxylic acids is 2. The van der Waals surface area contributed by atoms with E-state index >= 15 is 0 Å². The molecule has 2 amide bonds. The second-order valence-corrected chi connectivity index (χ2v) is 10.3. The number of aromatic nitrogens is 2. The largest absolute Gasteiger partial charge is 0.444 e. The van der Waals surface area contributed by atoms with E-state index in [0.29, 0.717) is 30.7 Å². The van der Waals surface area contributed by atoms with Gasteiger partial charge >= 0.3 is 6.09 Å². The van der Waals surface area contributed by atoms with Crippen LogP contribution in [-0.2, 0) is 4.74 Å². The van der Waals surface area contributed by atoms with Gasteiger partial charge in [0, 0.05) is 47.3 Å². The fourth-order valence-electron chi connectivity index (χ4n) is 4.03. The van der Waals surface area contributed by atoms with Crippen LogP contribution in [0.15, 0.2) is 36.7 Å². The molecule has 2 aliphatic heterocycles. The van der Waals surface area contributed by atoms with E-state index in [0.717, 1.165) is 22.3 Å². The molecule has 4 rings (SSSR count). The van der Waals surface area contributed by atoms with Gasteiger partial charge in [0.25, 0.3) is 5.91 Å². The minimum absolute atomic E-state index is 0.248. The summed E-state index contributed by atoms with van der Waals surface area (Å²) >= 11 is 2.20. The van der Waals surface area contributed by atoms with Gasteiger partial charge in [0.15, 0.2) is 0 Å². The summed E-state index contributed by atoms with van der Waals surface area (Å²) in [5.74, 6) is 1.12. The average Bonchev–Trinajstić information content (AvgIpc) is 3.26. The van der Waals surface area contributed by atoms with E-state index in [1.807, 2.05) is 45.0 Å². The van der Waals surface area contributed by atoms with Crippen molar-refractivity contribution in [3.63, 3.8) is 0 Å². The lowest BCUT2D eigenvalue weighted by Gasteiger charge is -2.26. The van der Waals surface area contributed by atoms with Crippen molar-refractivity contribution in [3.8, 4) is 0 Å². The van der Waals surface area contributed by atoms with Crippen molar-refractivity contribution in [1.82, 2.24) is 14.9 Å². The van der Waals surface area contributed by atoms with Crippen LogP contribution in [0.1, 0.15) is 31.3 Å². The third-order valence-corrected chi connectivity index (χ3v) is 6.07. The molecule has 0 bridgehead atoms. The first-order valence-corrected chi connectivity index (χ1v) is 11.4. The van der Waals surface area contributed by atoms with Gasteiger partial charge < -0.3 is 19.9 Å². The second kappa shape index (κ2) is 8.60. The predicted molar refractivity (Wildman–Crippen MR) is 126 cm³/mol. The zero-order chi connectivity index (χ0) is 22.2. The molecule has 2 unspecified atom stereocenters. The Morgan fingerprint density at radius 3 is 2.48 bits per heavy atom. The summed E-state index contributed by atoms with van der Waals surface area (Å²) < 4.78 is 6.54.